The fraction of sp³-hybridized carbons (Fsp3) is 0.565. The molecule has 1 aliphatic heterocycles. The van der Waals surface area contributed by atoms with Crippen LogP contribution in [0.4, 0.5) is 0 Å². The smallest absolute Gasteiger partial charge is 0.313 e. The Morgan fingerprint density at radius 2 is 1.96 bits per heavy atom. The average molecular weight is 370 g/mol. The molecule has 0 saturated heterocycles. The first-order valence-electron chi connectivity index (χ1n) is 10.2. The number of aryl methyl sites for hydroxylation is 2. The van der Waals surface area contributed by atoms with E-state index in [-0.39, 0.29) is 17.8 Å². The zero-order valence-corrected chi connectivity index (χ0v) is 17.1. The van der Waals surface area contributed by atoms with E-state index in [0.717, 1.165) is 48.8 Å². The summed E-state index contributed by atoms with van der Waals surface area (Å²) in [5.74, 6) is 0.551. The number of esters is 1. The van der Waals surface area contributed by atoms with E-state index in [1.165, 1.54) is 0 Å². The van der Waals surface area contributed by atoms with E-state index in [4.69, 9.17) is 4.74 Å². The molecule has 1 spiro atoms. The quantitative estimate of drug-likeness (QED) is 0.793. The number of nitrogens with one attached hydrogen (secondary N) is 1. The Labute approximate surface area is 162 Å². The Hall–Kier alpha value is -2.10. The summed E-state index contributed by atoms with van der Waals surface area (Å²) in [4.78, 5) is 25.6. The zero-order valence-electron chi connectivity index (χ0n) is 17.1. The molecule has 2 aliphatic rings. The van der Waals surface area contributed by atoms with Crippen LogP contribution in [0.1, 0.15) is 70.1 Å². The monoisotopic (exact) mass is 369 g/mol. The van der Waals surface area contributed by atoms with E-state index >= 15 is 0 Å². The predicted octanol–water partition coefficient (Wildman–Crippen LogP) is 4.55. The van der Waals surface area contributed by atoms with Crippen LogP contribution in [-0.2, 0) is 20.7 Å². The Morgan fingerprint density at radius 1 is 1.30 bits per heavy atom. The fourth-order valence-electron chi connectivity index (χ4n) is 4.16. The standard InChI is InChI=1S/C23H31NO3/c1-6-17-13-16(5)7-8-18(17)19-20(27-22(26)14(2)3)23(24-21(19)25)11-9-15(4)10-12-23/h7-8,13-15H,6,9-12H2,1-5H3,(H,24,25). The summed E-state index contributed by atoms with van der Waals surface area (Å²) in [6.45, 7) is 10.0. The highest BCUT2D eigenvalue weighted by Crippen LogP contribution is 2.45. The number of carbonyl (C=O) groups excluding carboxylic acids is 2. The average Bonchev–Trinajstić information content (AvgIpc) is 2.89. The van der Waals surface area contributed by atoms with Crippen molar-refractivity contribution >= 4 is 17.4 Å². The van der Waals surface area contributed by atoms with Crippen LogP contribution in [0.2, 0.25) is 0 Å². The highest BCUT2D eigenvalue weighted by molar-refractivity contribution is 6.24. The second-order valence-electron chi connectivity index (χ2n) is 8.51. The van der Waals surface area contributed by atoms with Crippen LogP contribution in [0.25, 0.3) is 5.57 Å². The number of hydrogen-bond acceptors (Lipinski definition) is 3. The minimum Gasteiger partial charge on any atom is -0.427 e. The van der Waals surface area contributed by atoms with Crippen molar-refractivity contribution in [3.63, 3.8) is 0 Å². The number of benzene rings is 1. The van der Waals surface area contributed by atoms with Gasteiger partial charge in [-0.3, -0.25) is 9.59 Å². The summed E-state index contributed by atoms with van der Waals surface area (Å²) in [5, 5.41) is 3.21. The summed E-state index contributed by atoms with van der Waals surface area (Å²) in [7, 11) is 0. The third kappa shape index (κ3) is 3.67. The van der Waals surface area contributed by atoms with Crippen LogP contribution in [0.15, 0.2) is 24.0 Å². The molecule has 1 aliphatic carbocycles. The van der Waals surface area contributed by atoms with Crippen molar-refractivity contribution in [1.29, 1.82) is 0 Å². The van der Waals surface area contributed by atoms with Crippen LogP contribution < -0.4 is 5.32 Å². The van der Waals surface area contributed by atoms with E-state index in [9.17, 15) is 9.59 Å². The summed E-state index contributed by atoms with van der Waals surface area (Å²) in [5.41, 5.74) is 3.17. The van der Waals surface area contributed by atoms with Gasteiger partial charge >= 0.3 is 5.97 Å². The first kappa shape index (κ1) is 19.7. The Kier molecular flexibility index (Phi) is 5.45. The van der Waals surface area contributed by atoms with Crippen molar-refractivity contribution in [2.75, 3.05) is 0 Å². The highest BCUT2D eigenvalue weighted by atomic mass is 16.5. The van der Waals surface area contributed by atoms with Crippen molar-refractivity contribution in [3.8, 4) is 0 Å². The Morgan fingerprint density at radius 3 is 2.56 bits per heavy atom. The molecule has 0 radical (unpaired) electrons. The SMILES string of the molecule is CCc1cc(C)ccc1C1=C(OC(=O)C(C)C)C2(CCC(C)CC2)NC1=O. The first-order chi connectivity index (χ1) is 12.8. The van der Waals surface area contributed by atoms with Gasteiger partial charge in [0.15, 0.2) is 0 Å². The number of amides is 1. The molecule has 146 valence electrons. The van der Waals surface area contributed by atoms with Gasteiger partial charge < -0.3 is 10.1 Å². The molecular formula is C23H31NO3. The highest BCUT2D eigenvalue weighted by Gasteiger charge is 2.49. The molecule has 0 atom stereocenters. The molecule has 1 saturated carbocycles. The molecule has 0 bridgehead atoms. The third-order valence-corrected chi connectivity index (χ3v) is 5.95. The van der Waals surface area contributed by atoms with Gasteiger partial charge in [-0.25, -0.2) is 0 Å². The van der Waals surface area contributed by atoms with E-state index in [0.29, 0.717) is 17.3 Å². The van der Waals surface area contributed by atoms with Crippen LogP contribution in [0, 0.1) is 18.8 Å². The predicted molar refractivity (Wildman–Crippen MR) is 107 cm³/mol. The second-order valence-corrected chi connectivity index (χ2v) is 8.51. The van der Waals surface area contributed by atoms with E-state index in [1.807, 2.05) is 26.0 Å². The molecule has 3 rings (SSSR count). The van der Waals surface area contributed by atoms with Gasteiger partial charge in [-0.2, -0.15) is 0 Å². The minimum atomic E-state index is -0.542. The lowest BCUT2D eigenvalue weighted by atomic mass is 9.76. The van der Waals surface area contributed by atoms with Crippen molar-refractivity contribution in [2.24, 2.45) is 11.8 Å². The summed E-state index contributed by atoms with van der Waals surface area (Å²) in [6, 6.07) is 6.13. The lowest BCUT2D eigenvalue weighted by Crippen LogP contribution is -2.48. The van der Waals surface area contributed by atoms with E-state index in [2.05, 4.69) is 32.2 Å². The number of hydrogen-bond donors (Lipinski definition) is 1. The van der Waals surface area contributed by atoms with E-state index in [1.54, 1.807) is 0 Å². The molecule has 1 amide bonds. The first-order valence-corrected chi connectivity index (χ1v) is 10.2. The fourth-order valence-corrected chi connectivity index (χ4v) is 4.16. The maximum Gasteiger partial charge on any atom is 0.313 e. The van der Waals surface area contributed by atoms with Crippen molar-refractivity contribution in [3.05, 3.63) is 40.6 Å². The minimum absolute atomic E-state index is 0.116. The molecule has 1 fully saturated rings. The molecule has 1 N–H and O–H groups in total. The molecule has 1 aromatic carbocycles. The van der Waals surface area contributed by atoms with Gasteiger partial charge in [-0.05, 0) is 56.1 Å². The maximum atomic E-state index is 13.1. The van der Waals surface area contributed by atoms with Gasteiger partial charge in [0, 0.05) is 0 Å². The molecule has 0 aromatic heterocycles. The van der Waals surface area contributed by atoms with Crippen molar-refractivity contribution in [2.45, 2.75) is 72.3 Å². The lowest BCUT2D eigenvalue weighted by Gasteiger charge is -2.37. The van der Waals surface area contributed by atoms with Gasteiger partial charge in [0.2, 0.25) is 0 Å². The lowest BCUT2D eigenvalue weighted by molar-refractivity contribution is -0.144. The van der Waals surface area contributed by atoms with Crippen molar-refractivity contribution in [1.82, 2.24) is 5.32 Å². The van der Waals surface area contributed by atoms with Gasteiger partial charge in [0.25, 0.3) is 5.91 Å². The molecule has 1 heterocycles. The van der Waals surface area contributed by atoms with E-state index < -0.39 is 5.54 Å². The molecular weight excluding hydrogens is 338 g/mol. The normalized spacial score (nSPS) is 25.3. The molecule has 4 nitrogen and oxygen atoms in total. The number of ether oxygens (including phenoxy) is 1. The van der Waals surface area contributed by atoms with Gasteiger partial charge in [-0.1, -0.05) is 51.5 Å². The zero-order chi connectivity index (χ0) is 19.8. The van der Waals surface area contributed by atoms with Gasteiger partial charge in [0.05, 0.1) is 17.0 Å². The van der Waals surface area contributed by atoms with Gasteiger partial charge in [0.1, 0.15) is 5.76 Å². The molecule has 0 unspecified atom stereocenters. The summed E-state index contributed by atoms with van der Waals surface area (Å²) < 4.78 is 5.93. The Balaban J connectivity index is 2.15. The molecule has 27 heavy (non-hydrogen) atoms. The molecule has 4 heteroatoms. The third-order valence-electron chi connectivity index (χ3n) is 5.95. The van der Waals surface area contributed by atoms with Gasteiger partial charge in [-0.15, -0.1) is 0 Å². The van der Waals surface area contributed by atoms with Crippen molar-refractivity contribution < 1.29 is 14.3 Å². The largest absolute Gasteiger partial charge is 0.427 e. The molecule has 1 aromatic rings. The van der Waals surface area contributed by atoms with Crippen LogP contribution in [0.5, 0.6) is 0 Å². The maximum absolute atomic E-state index is 13.1. The second kappa shape index (κ2) is 7.49. The summed E-state index contributed by atoms with van der Waals surface area (Å²) in [6.07, 6.45) is 4.49. The summed E-state index contributed by atoms with van der Waals surface area (Å²) >= 11 is 0. The van der Waals surface area contributed by atoms with Crippen LogP contribution in [0.3, 0.4) is 0 Å². The number of carbonyl (C=O) groups is 2. The number of rotatable bonds is 4. The Bertz CT molecular complexity index is 783. The topological polar surface area (TPSA) is 55.4 Å². The van der Waals surface area contributed by atoms with Crippen LogP contribution >= 0.6 is 0 Å². The van der Waals surface area contributed by atoms with Crippen LogP contribution in [-0.4, -0.2) is 17.4 Å².